The quantitative estimate of drug-likeness (QED) is 0.313. The molecule has 3 aliphatic heterocycles. The first-order valence-corrected chi connectivity index (χ1v) is 19.4. The van der Waals surface area contributed by atoms with Gasteiger partial charge in [0.05, 0.1) is 24.8 Å². The molecule has 8 aliphatic rings. The maximum Gasteiger partial charge on any atom is 0.410 e. The predicted octanol–water partition coefficient (Wildman–Crippen LogP) is 7.40. The number of amides is 2. The summed E-state index contributed by atoms with van der Waals surface area (Å²) in [5, 5.41) is 2.83. The van der Waals surface area contributed by atoms with Gasteiger partial charge in [-0.2, -0.15) is 13.2 Å². The van der Waals surface area contributed by atoms with Crippen molar-refractivity contribution in [1.82, 2.24) is 15.1 Å². The summed E-state index contributed by atoms with van der Waals surface area (Å²) in [6.07, 6.45) is 7.32. The van der Waals surface area contributed by atoms with Crippen LogP contribution in [0.1, 0.15) is 105 Å². The van der Waals surface area contributed by atoms with Crippen LogP contribution in [0.25, 0.3) is 0 Å². The molecule has 0 aromatic heterocycles. The van der Waals surface area contributed by atoms with Gasteiger partial charge in [-0.25, -0.2) is 9.59 Å². The minimum atomic E-state index is -4.22. The van der Waals surface area contributed by atoms with Crippen LogP contribution in [0, 0.1) is 51.2 Å². The average molecular weight is 694 g/mol. The number of ether oxygens (including phenoxy) is 3. The molecule has 276 valence electrons. The Morgan fingerprint density at radius 1 is 0.939 bits per heavy atom. The molecule has 2 amide bonds. The summed E-state index contributed by atoms with van der Waals surface area (Å²) in [5.74, 6) is 2.62. The average Bonchev–Trinajstić information content (AvgIpc) is 3.54. The third kappa shape index (κ3) is 5.42. The summed E-state index contributed by atoms with van der Waals surface area (Å²) in [6.45, 7) is 12.5. The van der Waals surface area contributed by atoms with Crippen molar-refractivity contribution < 1.29 is 37.0 Å². The number of hydrogen-bond donors (Lipinski definition) is 1. The van der Waals surface area contributed by atoms with Gasteiger partial charge in [0.15, 0.2) is 0 Å². The van der Waals surface area contributed by atoms with Crippen molar-refractivity contribution in [3.63, 3.8) is 0 Å². The van der Waals surface area contributed by atoms with Crippen LogP contribution in [-0.2, 0) is 14.2 Å². The number of carbonyl (C=O) groups excluding carboxylic acids is 2. The van der Waals surface area contributed by atoms with Gasteiger partial charge in [-0.05, 0) is 116 Å². The van der Waals surface area contributed by atoms with Gasteiger partial charge in [-0.15, -0.1) is 0 Å². The molecule has 0 bridgehead atoms. The van der Waals surface area contributed by atoms with Gasteiger partial charge in [-0.1, -0.05) is 34.6 Å². The summed E-state index contributed by atoms with van der Waals surface area (Å²) in [7, 11) is 0. The summed E-state index contributed by atoms with van der Waals surface area (Å²) in [5.41, 5.74) is 0.813. The number of hydrogen-bond acceptors (Lipinski definition) is 6. The first kappa shape index (κ1) is 34.3. The highest BCUT2D eigenvalue weighted by atomic mass is 19.4. The highest BCUT2D eigenvalue weighted by molar-refractivity contribution is 5.69. The maximum atomic E-state index is 12.9. The van der Waals surface area contributed by atoms with Crippen LogP contribution in [0.15, 0.2) is 0 Å². The molecule has 11 atom stereocenters. The van der Waals surface area contributed by atoms with E-state index in [-0.39, 0.29) is 66.4 Å². The van der Waals surface area contributed by atoms with Gasteiger partial charge in [-0.3, -0.25) is 4.90 Å². The lowest BCUT2D eigenvalue weighted by atomic mass is 9.46. The molecule has 11 heteroatoms. The first-order valence-electron chi connectivity index (χ1n) is 19.4. The van der Waals surface area contributed by atoms with Crippen molar-refractivity contribution in [2.24, 2.45) is 51.2 Å². The number of rotatable bonds is 6. The van der Waals surface area contributed by atoms with Crippen LogP contribution in [0.2, 0.25) is 0 Å². The third-order valence-electron chi connectivity index (χ3n) is 15.9. The summed E-state index contributed by atoms with van der Waals surface area (Å²) >= 11 is 0. The molecule has 0 aromatic rings. The highest BCUT2D eigenvalue weighted by Gasteiger charge is 2.81. The minimum Gasteiger partial charge on any atom is -0.446 e. The minimum absolute atomic E-state index is 0.0383. The van der Waals surface area contributed by atoms with Crippen LogP contribution in [0.3, 0.4) is 0 Å². The third-order valence-corrected chi connectivity index (χ3v) is 15.9. The van der Waals surface area contributed by atoms with Crippen molar-refractivity contribution in [3.05, 3.63) is 0 Å². The zero-order valence-electron chi connectivity index (χ0n) is 30.2. The van der Waals surface area contributed by atoms with Crippen molar-refractivity contribution >= 4 is 12.2 Å². The zero-order valence-corrected chi connectivity index (χ0v) is 30.2. The van der Waals surface area contributed by atoms with Crippen molar-refractivity contribution in [3.8, 4) is 0 Å². The zero-order chi connectivity index (χ0) is 34.7. The molecule has 5 aliphatic carbocycles. The summed E-state index contributed by atoms with van der Waals surface area (Å²) in [6, 6.07) is -0.294. The molecule has 3 heterocycles. The second kappa shape index (κ2) is 11.6. The fourth-order valence-electron chi connectivity index (χ4n) is 13.4. The Morgan fingerprint density at radius 2 is 1.67 bits per heavy atom. The summed E-state index contributed by atoms with van der Waals surface area (Å²) < 4.78 is 57.3. The smallest absolute Gasteiger partial charge is 0.410 e. The van der Waals surface area contributed by atoms with E-state index in [1.165, 1.54) is 30.6 Å². The van der Waals surface area contributed by atoms with E-state index in [9.17, 15) is 22.8 Å². The number of nitrogens with zero attached hydrogens (tertiary/aromatic N) is 2. The number of alkyl carbamates (subject to hydrolysis) is 1. The molecule has 0 aromatic carbocycles. The Hall–Kier alpha value is -1.75. The van der Waals surface area contributed by atoms with Gasteiger partial charge >= 0.3 is 18.4 Å². The Kier molecular flexibility index (Phi) is 8.15. The highest BCUT2D eigenvalue weighted by Crippen LogP contribution is 2.87. The molecule has 2 spiro atoms. The monoisotopic (exact) mass is 693 g/mol. The number of fused-ring (bicyclic) bond motifs is 4. The van der Waals surface area contributed by atoms with Crippen molar-refractivity contribution in [2.45, 2.75) is 142 Å². The van der Waals surface area contributed by atoms with E-state index in [0.717, 1.165) is 58.0 Å². The van der Waals surface area contributed by atoms with Gasteiger partial charge in [0, 0.05) is 31.6 Å². The SMILES string of the molecule is CC(C)C(OC(=O)N1CCC1)C1CCC2C(CC3C4CCC5C(C)(C)C(OC(=O)NC6CN(CC(F)(F)F)C6)CCC56CC46CCC23C)O1. The normalized spacial score (nSPS) is 44.6. The van der Waals surface area contributed by atoms with E-state index < -0.39 is 18.8 Å². The molecule has 8 fully saturated rings. The standard InChI is InChI=1S/C38H58F3N3O5/c1-22(2)31(49-33(46)44-15-6-16-44)27-9-7-25-28(47-27)17-26-24-8-10-29-34(3,4)30(11-12-37(29)20-36(24,37)14-13-35(25,26)5)48-32(45)42-23-18-43(19-23)21-38(39,40)41/h22-31H,6-21H2,1-5H3,(H,42,45). The van der Waals surface area contributed by atoms with Crippen LogP contribution in [-0.4, -0.2) is 91.3 Å². The van der Waals surface area contributed by atoms with Gasteiger partial charge in [0.1, 0.15) is 12.2 Å². The lowest BCUT2D eigenvalue weighted by Gasteiger charge is -2.59. The first-order chi connectivity index (χ1) is 23.1. The van der Waals surface area contributed by atoms with Gasteiger partial charge in [0.25, 0.3) is 0 Å². The molecule has 0 radical (unpaired) electrons. The van der Waals surface area contributed by atoms with E-state index in [0.29, 0.717) is 34.5 Å². The fourth-order valence-corrected chi connectivity index (χ4v) is 13.4. The largest absolute Gasteiger partial charge is 0.446 e. The van der Waals surface area contributed by atoms with E-state index in [4.69, 9.17) is 14.2 Å². The molecule has 49 heavy (non-hydrogen) atoms. The van der Waals surface area contributed by atoms with E-state index >= 15 is 0 Å². The Morgan fingerprint density at radius 3 is 2.35 bits per heavy atom. The van der Waals surface area contributed by atoms with Crippen LogP contribution in [0.5, 0.6) is 0 Å². The van der Waals surface area contributed by atoms with Crippen molar-refractivity contribution in [1.29, 1.82) is 0 Å². The molecule has 8 nitrogen and oxygen atoms in total. The Bertz CT molecular complexity index is 1320. The lowest BCUT2D eigenvalue weighted by Crippen LogP contribution is -2.61. The maximum absolute atomic E-state index is 12.9. The second-order valence-electron chi connectivity index (χ2n) is 18.8. The fraction of sp³-hybridized carbons (Fsp3) is 0.947. The van der Waals surface area contributed by atoms with E-state index in [1.54, 1.807) is 4.90 Å². The number of nitrogens with one attached hydrogen (secondary N) is 1. The summed E-state index contributed by atoms with van der Waals surface area (Å²) in [4.78, 5) is 28.8. The predicted molar refractivity (Wildman–Crippen MR) is 177 cm³/mol. The number of carbonyl (C=O) groups is 2. The van der Waals surface area contributed by atoms with Crippen LogP contribution in [0.4, 0.5) is 22.8 Å². The molecular formula is C38H58F3N3O5. The van der Waals surface area contributed by atoms with Crippen LogP contribution >= 0.6 is 0 Å². The molecule has 1 N–H and O–H groups in total. The lowest BCUT2D eigenvalue weighted by molar-refractivity contribution is -0.156. The van der Waals surface area contributed by atoms with Gasteiger partial charge in [0.2, 0.25) is 0 Å². The van der Waals surface area contributed by atoms with E-state index in [2.05, 4.69) is 39.9 Å². The van der Waals surface area contributed by atoms with Gasteiger partial charge < -0.3 is 24.4 Å². The molecule has 5 saturated carbocycles. The Labute approximate surface area is 289 Å². The molecule has 3 saturated heterocycles. The molecule has 8 rings (SSSR count). The molecular weight excluding hydrogens is 635 g/mol. The number of likely N-dealkylation sites (tertiary alicyclic amines) is 2. The second-order valence-corrected chi connectivity index (χ2v) is 18.8. The number of halogens is 3. The number of alkyl halides is 3. The van der Waals surface area contributed by atoms with Crippen molar-refractivity contribution in [2.75, 3.05) is 32.7 Å². The topological polar surface area (TPSA) is 80.3 Å². The Balaban J connectivity index is 0.907. The molecule has 11 unspecified atom stereocenters. The van der Waals surface area contributed by atoms with Crippen LogP contribution < -0.4 is 5.32 Å². The van der Waals surface area contributed by atoms with E-state index in [1.807, 2.05) is 0 Å².